The van der Waals surface area contributed by atoms with E-state index in [2.05, 4.69) is 10.5 Å². The lowest BCUT2D eigenvalue weighted by Gasteiger charge is -2.17. The van der Waals surface area contributed by atoms with E-state index in [9.17, 15) is 14.4 Å². The number of carbonyl (C=O) groups excluding carboxylic acids is 3. The van der Waals surface area contributed by atoms with Crippen LogP contribution in [0.25, 0.3) is 0 Å². The number of imide groups is 1. The average Bonchev–Trinajstić information content (AvgIpc) is 2.83. The minimum Gasteiger partial charge on any atom is -0.350 e. The van der Waals surface area contributed by atoms with Crippen LogP contribution in [0.1, 0.15) is 25.3 Å². The maximum atomic E-state index is 12.6. The van der Waals surface area contributed by atoms with Gasteiger partial charge in [0.2, 0.25) is 11.8 Å². The molecule has 1 heterocycles. The number of rotatable bonds is 3. The van der Waals surface area contributed by atoms with E-state index >= 15 is 0 Å². The molecule has 4 amide bonds. The highest BCUT2D eigenvalue weighted by Gasteiger charge is 2.48. The minimum atomic E-state index is -0.751. The summed E-state index contributed by atoms with van der Waals surface area (Å²) in [4.78, 5) is 37.2. The number of anilines is 1. The van der Waals surface area contributed by atoms with Crippen LogP contribution < -0.4 is 16.1 Å². The third kappa shape index (κ3) is 3.28. The summed E-state index contributed by atoms with van der Waals surface area (Å²) in [5.74, 6) is -1.12. The Kier molecular flexibility index (Phi) is 4.59. The number of halogens is 1. The molecule has 0 unspecified atom stereocenters. The van der Waals surface area contributed by atoms with E-state index in [-0.39, 0.29) is 23.7 Å². The molecule has 130 valence electrons. The fourth-order valence-corrected chi connectivity index (χ4v) is 3.39. The zero-order chi connectivity index (χ0) is 18.1. The molecule has 1 aliphatic carbocycles. The van der Waals surface area contributed by atoms with Crippen molar-refractivity contribution in [2.75, 3.05) is 4.90 Å². The minimum absolute atomic E-state index is 0.191. The molecule has 0 saturated carbocycles. The number of allylic oxidation sites excluding steroid dienone is 2. The summed E-state index contributed by atoms with van der Waals surface area (Å²) in [7, 11) is 0. The summed E-state index contributed by atoms with van der Waals surface area (Å²) in [5, 5.41) is 4.47. The average molecular weight is 361 g/mol. The molecule has 0 radical (unpaired) electrons. The molecular formula is C17H17ClN4O3. The van der Waals surface area contributed by atoms with Gasteiger partial charge in [0.25, 0.3) is 0 Å². The van der Waals surface area contributed by atoms with Crippen LogP contribution in [0, 0.1) is 11.8 Å². The Morgan fingerprint density at radius 3 is 2.52 bits per heavy atom. The van der Waals surface area contributed by atoms with Gasteiger partial charge in [0, 0.05) is 5.03 Å². The number of hydrogen-bond donors (Lipinski definition) is 2. The number of primary amides is 1. The molecule has 3 N–H and O–H groups in total. The normalized spacial score (nSPS) is 23.4. The monoisotopic (exact) mass is 360 g/mol. The number of carbonyl (C=O) groups is 3. The van der Waals surface area contributed by atoms with Gasteiger partial charge in [0.15, 0.2) is 0 Å². The summed E-state index contributed by atoms with van der Waals surface area (Å²) in [6.07, 6.45) is 2.72. The van der Waals surface area contributed by atoms with Crippen molar-refractivity contribution in [2.45, 2.75) is 19.8 Å². The second kappa shape index (κ2) is 6.68. The highest BCUT2D eigenvalue weighted by Crippen LogP contribution is 2.40. The first-order valence-electron chi connectivity index (χ1n) is 7.81. The first-order valence-corrected chi connectivity index (χ1v) is 8.19. The Morgan fingerprint density at radius 1 is 1.24 bits per heavy atom. The standard InChI is InChI=1S/C17H17ClN4O3/c1-9(20-21-17(19)25)10-2-5-12(6-3-10)22-15(23)13-7-4-11(18)8-14(13)16(22)24/h2-6,13-14H,7-8H2,1H3,(H3,19,21,25)/b20-9-/t13-,14-/m0/s1. The molecule has 1 fully saturated rings. The summed E-state index contributed by atoms with van der Waals surface area (Å²) in [6.45, 7) is 1.71. The number of benzene rings is 1. The third-order valence-corrected chi connectivity index (χ3v) is 4.75. The van der Waals surface area contributed by atoms with Gasteiger partial charge in [-0.3, -0.25) is 14.5 Å². The lowest BCUT2D eigenvalue weighted by Crippen LogP contribution is -2.30. The summed E-state index contributed by atoms with van der Waals surface area (Å²) >= 11 is 6.02. The van der Waals surface area contributed by atoms with Gasteiger partial charge in [0.05, 0.1) is 23.2 Å². The Labute approximate surface area is 149 Å². The summed E-state index contributed by atoms with van der Waals surface area (Å²) in [5.41, 5.74) is 8.93. The number of nitrogens with one attached hydrogen (secondary N) is 1. The number of nitrogens with zero attached hydrogens (tertiary/aromatic N) is 2. The van der Waals surface area contributed by atoms with Gasteiger partial charge in [-0.15, -0.1) is 0 Å². The second-order valence-electron chi connectivity index (χ2n) is 6.04. The lowest BCUT2D eigenvalue weighted by atomic mass is 9.85. The molecule has 0 aromatic heterocycles. The Balaban J connectivity index is 1.81. The van der Waals surface area contributed by atoms with Crippen molar-refractivity contribution in [3.63, 3.8) is 0 Å². The van der Waals surface area contributed by atoms with Crippen LogP contribution >= 0.6 is 11.6 Å². The largest absolute Gasteiger partial charge is 0.350 e. The van der Waals surface area contributed by atoms with Crippen molar-refractivity contribution in [3.05, 3.63) is 40.9 Å². The van der Waals surface area contributed by atoms with Crippen LogP contribution in [0.3, 0.4) is 0 Å². The second-order valence-corrected chi connectivity index (χ2v) is 6.52. The van der Waals surface area contributed by atoms with Crippen molar-refractivity contribution in [3.8, 4) is 0 Å². The predicted molar refractivity (Wildman–Crippen MR) is 94.0 cm³/mol. The summed E-state index contributed by atoms with van der Waals surface area (Å²) < 4.78 is 0. The van der Waals surface area contributed by atoms with Crippen molar-refractivity contribution in [1.29, 1.82) is 0 Å². The van der Waals surface area contributed by atoms with Gasteiger partial charge in [-0.25, -0.2) is 10.2 Å². The molecule has 3 rings (SSSR count). The molecule has 0 bridgehead atoms. The van der Waals surface area contributed by atoms with Crippen LogP contribution in [0.2, 0.25) is 0 Å². The number of urea groups is 1. The smallest absolute Gasteiger partial charge is 0.332 e. The van der Waals surface area contributed by atoms with Crippen LogP contribution in [0.15, 0.2) is 40.5 Å². The first-order chi connectivity index (χ1) is 11.9. The van der Waals surface area contributed by atoms with E-state index in [1.807, 2.05) is 6.08 Å². The molecule has 8 heteroatoms. The maximum absolute atomic E-state index is 12.6. The van der Waals surface area contributed by atoms with E-state index in [1.165, 1.54) is 4.90 Å². The van der Waals surface area contributed by atoms with E-state index in [0.717, 1.165) is 5.56 Å². The topological polar surface area (TPSA) is 105 Å². The number of nitrogens with two attached hydrogens (primary N) is 1. The molecule has 2 atom stereocenters. The Hall–Kier alpha value is -2.67. The Morgan fingerprint density at radius 2 is 1.88 bits per heavy atom. The quantitative estimate of drug-likeness (QED) is 0.490. The van der Waals surface area contributed by atoms with Crippen molar-refractivity contribution >= 4 is 40.8 Å². The molecule has 1 aromatic carbocycles. The number of fused-ring (bicyclic) bond motifs is 1. The molecule has 2 aliphatic rings. The van der Waals surface area contributed by atoms with Gasteiger partial charge in [-0.1, -0.05) is 29.8 Å². The molecule has 0 spiro atoms. The van der Waals surface area contributed by atoms with Crippen molar-refractivity contribution < 1.29 is 14.4 Å². The van der Waals surface area contributed by atoms with Gasteiger partial charge >= 0.3 is 6.03 Å². The van der Waals surface area contributed by atoms with E-state index < -0.39 is 6.03 Å². The Bertz CT molecular complexity index is 801. The molecular weight excluding hydrogens is 344 g/mol. The molecule has 25 heavy (non-hydrogen) atoms. The van der Waals surface area contributed by atoms with Crippen molar-refractivity contribution in [1.82, 2.24) is 5.43 Å². The van der Waals surface area contributed by atoms with Crippen LogP contribution in [-0.4, -0.2) is 23.6 Å². The number of amides is 4. The first kappa shape index (κ1) is 17.2. The van der Waals surface area contributed by atoms with Crippen molar-refractivity contribution in [2.24, 2.45) is 22.7 Å². The zero-order valence-corrected chi connectivity index (χ0v) is 14.3. The molecule has 1 saturated heterocycles. The van der Waals surface area contributed by atoms with Gasteiger partial charge in [-0.05, 0) is 37.5 Å². The van der Waals surface area contributed by atoms with Crippen LogP contribution in [-0.2, 0) is 9.59 Å². The molecule has 7 nitrogen and oxygen atoms in total. The van der Waals surface area contributed by atoms with E-state index in [4.69, 9.17) is 17.3 Å². The predicted octanol–water partition coefficient (Wildman–Crippen LogP) is 2.10. The van der Waals surface area contributed by atoms with Crippen LogP contribution in [0.5, 0.6) is 0 Å². The SMILES string of the molecule is C/C(=N/NC(N)=O)c1ccc(N2C(=O)[C@H]3CC=C(Cl)C[C@@H]3C2=O)cc1. The molecule has 1 aliphatic heterocycles. The van der Waals surface area contributed by atoms with Gasteiger partial charge in [0.1, 0.15) is 0 Å². The lowest BCUT2D eigenvalue weighted by molar-refractivity contribution is -0.122. The highest BCUT2D eigenvalue weighted by atomic mass is 35.5. The third-order valence-electron chi connectivity index (χ3n) is 4.45. The van der Waals surface area contributed by atoms with Gasteiger partial charge < -0.3 is 5.73 Å². The van der Waals surface area contributed by atoms with Crippen LogP contribution in [0.4, 0.5) is 10.5 Å². The highest BCUT2D eigenvalue weighted by molar-refractivity contribution is 6.30. The van der Waals surface area contributed by atoms with E-state index in [0.29, 0.717) is 29.3 Å². The number of hydrogen-bond acceptors (Lipinski definition) is 4. The van der Waals surface area contributed by atoms with Gasteiger partial charge in [-0.2, -0.15) is 5.10 Å². The zero-order valence-electron chi connectivity index (χ0n) is 13.5. The fraction of sp³-hybridized carbons (Fsp3) is 0.294. The summed E-state index contributed by atoms with van der Waals surface area (Å²) in [6, 6.07) is 6.07. The van der Waals surface area contributed by atoms with E-state index in [1.54, 1.807) is 31.2 Å². The fourth-order valence-electron chi connectivity index (χ4n) is 3.14. The number of hydrazone groups is 1. The molecule has 1 aromatic rings. The maximum Gasteiger partial charge on any atom is 0.332 e.